The zero-order valence-electron chi connectivity index (χ0n) is 12.7. The van der Waals surface area contributed by atoms with E-state index in [1.54, 1.807) is 31.9 Å². The van der Waals surface area contributed by atoms with Gasteiger partial charge in [0.05, 0.1) is 5.56 Å². The van der Waals surface area contributed by atoms with Crippen molar-refractivity contribution in [1.82, 2.24) is 4.57 Å². The molecule has 1 heterocycles. The van der Waals surface area contributed by atoms with Crippen molar-refractivity contribution in [3.63, 3.8) is 0 Å². The van der Waals surface area contributed by atoms with Crippen LogP contribution in [0.1, 0.15) is 34.7 Å². The highest BCUT2D eigenvalue weighted by molar-refractivity contribution is 6.11. The van der Waals surface area contributed by atoms with E-state index in [1.807, 2.05) is 12.1 Å². The molecule has 0 radical (unpaired) electrons. The van der Waals surface area contributed by atoms with Crippen LogP contribution in [-0.2, 0) is 11.8 Å². The van der Waals surface area contributed by atoms with Crippen LogP contribution >= 0.6 is 0 Å². The monoisotopic (exact) mass is 313 g/mol. The Hall–Kier alpha value is -1.82. The van der Waals surface area contributed by atoms with Crippen molar-refractivity contribution in [3.8, 4) is 0 Å². The molecule has 120 valence electrons. The molecule has 0 aliphatic heterocycles. The van der Waals surface area contributed by atoms with Gasteiger partial charge < -0.3 is 9.30 Å². The summed E-state index contributed by atoms with van der Waals surface area (Å²) in [5, 5.41) is 0.467. The summed E-state index contributed by atoms with van der Waals surface area (Å²) < 4.78 is 43.8. The number of Topliss-reactive ketones (excluding diaryl/α,β-unsaturated/α-hetero) is 1. The highest BCUT2D eigenvalue weighted by atomic mass is 19.4. The molecule has 0 N–H and O–H groups in total. The molecule has 1 aliphatic carbocycles. The number of rotatable bonds is 2. The van der Waals surface area contributed by atoms with Gasteiger partial charge in [0.25, 0.3) is 5.78 Å². The summed E-state index contributed by atoms with van der Waals surface area (Å²) in [5.41, 5.74) is 1.32. The molecule has 0 spiro atoms. The minimum absolute atomic E-state index is 0.229. The van der Waals surface area contributed by atoms with Crippen molar-refractivity contribution in [2.45, 2.75) is 24.9 Å². The number of hydrogen-bond donors (Lipinski definition) is 0. The maximum Gasteiger partial charge on any atom is 0.454 e. The van der Waals surface area contributed by atoms with Gasteiger partial charge in [-0.25, -0.2) is 0 Å². The molecule has 3 rings (SSSR count). The average Bonchev–Trinajstić information content (AvgIpc) is 3.23. The number of methoxy groups -OCH3 is 1. The molecule has 3 nitrogen and oxygen atoms in total. The first-order valence-electron chi connectivity index (χ1n) is 6.90. The Morgan fingerprint density at radius 1 is 1.27 bits per heavy atom. The fourth-order valence-electron chi connectivity index (χ4n) is 2.53. The molecular weight excluding hydrogens is 295 g/mol. The Morgan fingerprint density at radius 2 is 1.86 bits per heavy atom. The minimum atomic E-state index is -4.83. The summed E-state index contributed by atoms with van der Waals surface area (Å²) in [6.07, 6.45) is -1.58. The highest BCUT2D eigenvalue weighted by Gasteiger charge is 2.41. The van der Waals surface area contributed by atoms with Crippen molar-refractivity contribution < 1.29 is 22.7 Å². The number of ketones is 1. The predicted molar refractivity (Wildman–Crippen MR) is 78.2 cm³/mol. The van der Waals surface area contributed by atoms with E-state index in [4.69, 9.17) is 0 Å². The maximum absolute atomic E-state index is 12.7. The van der Waals surface area contributed by atoms with Gasteiger partial charge in [0.1, 0.15) is 0 Å². The van der Waals surface area contributed by atoms with Crippen LogP contribution in [0.2, 0.25) is 0 Å². The van der Waals surface area contributed by atoms with E-state index in [2.05, 4.69) is 4.74 Å². The van der Waals surface area contributed by atoms with Crippen LogP contribution in [0, 0.1) is 0 Å². The number of ether oxygens (including phenoxy) is 1. The minimum Gasteiger partial charge on any atom is -0.388 e. The first kappa shape index (κ1) is 16.5. The summed E-state index contributed by atoms with van der Waals surface area (Å²) in [7, 11) is 4.91. The topological polar surface area (TPSA) is 31.2 Å². The first-order chi connectivity index (χ1) is 10.3. The van der Waals surface area contributed by atoms with E-state index < -0.39 is 12.0 Å². The van der Waals surface area contributed by atoms with E-state index in [-0.39, 0.29) is 5.56 Å². The lowest BCUT2D eigenvalue weighted by atomic mass is 10.0. The van der Waals surface area contributed by atoms with Gasteiger partial charge in [-0.05, 0) is 30.4 Å². The Balaban J connectivity index is 0.000000545. The van der Waals surface area contributed by atoms with Crippen LogP contribution in [0.4, 0.5) is 13.2 Å². The molecule has 0 amide bonds. The van der Waals surface area contributed by atoms with Gasteiger partial charge in [-0.1, -0.05) is 12.1 Å². The van der Waals surface area contributed by atoms with E-state index in [0.717, 1.165) is 18.4 Å². The van der Waals surface area contributed by atoms with Gasteiger partial charge in [-0.3, -0.25) is 4.79 Å². The van der Waals surface area contributed by atoms with Crippen LogP contribution < -0.4 is 0 Å². The van der Waals surface area contributed by atoms with Crippen LogP contribution in [-0.4, -0.2) is 30.7 Å². The van der Waals surface area contributed by atoms with Crippen molar-refractivity contribution in [2.24, 2.45) is 7.05 Å². The van der Waals surface area contributed by atoms with E-state index in [0.29, 0.717) is 16.8 Å². The second-order valence-corrected chi connectivity index (χ2v) is 5.40. The molecule has 1 saturated carbocycles. The summed E-state index contributed by atoms with van der Waals surface area (Å²) >= 11 is 0. The normalized spacial score (nSPS) is 14.6. The summed E-state index contributed by atoms with van der Waals surface area (Å²) in [6, 6.07) is 5.40. The van der Waals surface area contributed by atoms with Gasteiger partial charge in [0.2, 0.25) is 0 Å². The lowest BCUT2D eigenvalue weighted by Crippen LogP contribution is -2.22. The van der Waals surface area contributed by atoms with Crippen molar-refractivity contribution in [2.75, 3.05) is 14.2 Å². The van der Waals surface area contributed by atoms with Gasteiger partial charge in [0.15, 0.2) is 0 Å². The zero-order valence-corrected chi connectivity index (χ0v) is 12.7. The van der Waals surface area contributed by atoms with Gasteiger partial charge in [0, 0.05) is 38.4 Å². The third kappa shape index (κ3) is 3.16. The third-order valence-corrected chi connectivity index (χ3v) is 3.57. The van der Waals surface area contributed by atoms with E-state index in [9.17, 15) is 18.0 Å². The van der Waals surface area contributed by atoms with Gasteiger partial charge in [-0.15, -0.1) is 0 Å². The Kier molecular flexibility index (Phi) is 4.60. The lowest BCUT2D eigenvalue weighted by molar-refractivity contribution is -0.0884. The molecule has 0 unspecified atom stereocenters. The van der Waals surface area contributed by atoms with E-state index >= 15 is 0 Å². The number of alkyl halides is 3. The van der Waals surface area contributed by atoms with Crippen molar-refractivity contribution in [3.05, 3.63) is 35.5 Å². The molecule has 1 fully saturated rings. The maximum atomic E-state index is 12.7. The molecule has 1 aromatic carbocycles. The van der Waals surface area contributed by atoms with Crippen LogP contribution in [0.25, 0.3) is 10.9 Å². The molecule has 2 aromatic rings. The molecule has 6 heteroatoms. The number of aryl methyl sites for hydroxylation is 1. The first-order valence-corrected chi connectivity index (χ1v) is 6.90. The summed E-state index contributed by atoms with van der Waals surface area (Å²) in [4.78, 5) is 11.6. The number of carbonyl (C=O) groups is 1. The van der Waals surface area contributed by atoms with Crippen LogP contribution in [0.15, 0.2) is 24.4 Å². The zero-order chi connectivity index (χ0) is 16.5. The second kappa shape index (κ2) is 6.12. The molecular formula is C16H18F3NO2. The average molecular weight is 313 g/mol. The third-order valence-electron chi connectivity index (χ3n) is 3.57. The summed E-state index contributed by atoms with van der Waals surface area (Å²) in [6.45, 7) is 0. The SMILES string of the molecule is COC.Cn1cc(C(=O)C(F)(F)F)c2c(C3CC3)cccc21. The Labute approximate surface area is 126 Å². The predicted octanol–water partition coefficient (Wildman–Crippen LogP) is 4.06. The van der Waals surface area contributed by atoms with Crippen LogP contribution in [0.3, 0.4) is 0 Å². The van der Waals surface area contributed by atoms with Crippen LogP contribution in [0.5, 0.6) is 0 Å². The molecule has 1 aliphatic rings. The van der Waals surface area contributed by atoms with Gasteiger partial charge >= 0.3 is 6.18 Å². The Morgan fingerprint density at radius 3 is 2.36 bits per heavy atom. The van der Waals surface area contributed by atoms with E-state index in [1.165, 1.54) is 6.20 Å². The number of nitrogens with zero attached hydrogens (tertiary/aromatic N) is 1. The lowest BCUT2D eigenvalue weighted by Gasteiger charge is -2.06. The quantitative estimate of drug-likeness (QED) is 0.783. The number of aromatic nitrogens is 1. The number of carbonyl (C=O) groups excluding carboxylic acids is 1. The molecule has 0 bridgehead atoms. The number of halogens is 3. The van der Waals surface area contributed by atoms with Crippen molar-refractivity contribution >= 4 is 16.7 Å². The molecule has 0 atom stereocenters. The Bertz CT molecular complexity index is 684. The number of benzene rings is 1. The molecule has 1 aromatic heterocycles. The fourth-order valence-corrected chi connectivity index (χ4v) is 2.53. The smallest absolute Gasteiger partial charge is 0.388 e. The molecule has 0 saturated heterocycles. The number of hydrogen-bond acceptors (Lipinski definition) is 2. The number of fused-ring (bicyclic) bond motifs is 1. The fraction of sp³-hybridized carbons (Fsp3) is 0.438. The van der Waals surface area contributed by atoms with Crippen molar-refractivity contribution in [1.29, 1.82) is 0 Å². The van der Waals surface area contributed by atoms with Gasteiger partial charge in [-0.2, -0.15) is 13.2 Å². The highest BCUT2D eigenvalue weighted by Crippen LogP contribution is 2.44. The summed E-state index contributed by atoms with van der Waals surface area (Å²) in [5.74, 6) is -1.46. The molecule has 22 heavy (non-hydrogen) atoms. The largest absolute Gasteiger partial charge is 0.454 e. The standard InChI is InChI=1S/C14H12F3NO.C2H6O/c1-18-7-10(13(19)14(15,16)17)12-9(8-5-6-8)3-2-4-11(12)18;1-3-2/h2-4,7-8H,5-6H2,1H3;1-2H3. The second-order valence-electron chi connectivity index (χ2n) is 5.40.